The van der Waals surface area contributed by atoms with Crippen molar-refractivity contribution in [2.45, 2.75) is 37.6 Å². The molecule has 0 spiro atoms. The molecule has 0 aliphatic heterocycles. The number of nitrogens with zero attached hydrogens (tertiary/aromatic N) is 2. The molecule has 1 saturated carbocycles. The lowest BCUT2D eigenvalue weighted by Gasteiger charge is -2.38. The zero-order valence-electron chi connectivity index (χ0n) is 13.5. The Hall–Kier alpha value is -2.26. The van der Waals surface area contributed by atoms with Crippen LogP contribution in [0, 0.1) is 11.3 Å². The Morgan fingerprint density at radius 1 is 1.38 bits per heavy atom. The van der Waals surface area contributed by atoms with Gasteiger partial charge in [0.15, 0.2) is 6.61 Å². The number of amides is 2. The first-order valence-corrected chi connectivity index (χ1v) is 8.17. The van der Waals surface area contributed by atoms with Gasteiger partial charge in [0.1, 0.15) is 11.3 Å². The number of carbonyl (C=O) groups is 2. The molecule has 1 aromatic rings. The van der Waals surface area contributed by atoms with E-state index in [2.05, 4.69) is 6.07 Å². The molecule has 6 nitrogen and oxygen atoms in total. The van der Waals surface area contributed by atoms with Crippen molar-refractivity contribution in [3.05, 3.63) is 28.8 Å². The summed E-state index contributed by atoms with van der Waals surface area (Å²) in [5.74, 6) is -0.830. The maximum atomic E-state index is 12.4. The summed E-state index contributed by atoms with van der Waals surface area (Å²) in [5, 5.41) is 9.91. The first kappa shape index (κ1) is 18.1. The zero-order chi connectivity index (χ0) is 17.7. The van der Waals surface area contributed by atoms with E-state index >= 15 is 0 Å². The monoisotopic (exact) mass is 349 g/mol. The summed E-state index contributed by atoms with van der Waals surface area (Å²) < 4.78 is 5.46. The van der Waals surface area contributed by atoms with E-state index in [1.54, 1.807) is 7.05 Å². The largest absolute Gasteiger partial charge is 0.483 e. The molecule has 2 N–H and O–H groups in total. The second-order valence-electron chi connectivity index (χ2n) is 5.95. The number of benzene rings is 1. The van der Waals surface area contributed by atoms with Crippen molar-refractivity contribution < 1.29 is 14.3 Å². The lowest BCUT2D eigenvalue weighted by molar-refractivity contribution is -0.137. The number of carbonyl (C=O) groups excluding carboxylic acids is 2. The third kappa shape index (κ3) is 3.80. The van der Waals surface area contributed by atoms with Crippen molar-refractivity contribution in [2.75, 3.05) is 13.7 Å². The molecule has 7 heteroatoms. The molecule has 1 fully saturated rings. The number of hydrogen-bond donors (Lipinski definition) is 1. The fourth-order valence-electron chi connectivity index (χ4n) is 2.95. The van der Waals surface area contributed by atoms with Gasteiger partial charge in [0, 0.05) is 12.1 Å². The van der Waals surface area contributed by atoms with Crippen molar-refractivity contribution >= 4 is 23.4 Å². The van der Waals surface area contributed by atoms with Gasteiger partial charge in [-0.05, 0) is 31.0 Å². The van der Waals surface area contributed by atoms with Gasteiger partial charge in [0.25, 0.3) is 11.8 Å². The van der Waals surface area contributed by atoms with E-state index in [-0.39, 0.29) is 23.8 Å². The van der Waals surface area contributed by atoms with Crippen LogP contribution in [0.15, 0.2) is 18.2 Å². The first-order valence-electron chi connectivity index (χ1n) is 7.80. The molecule has 1 aliphatic rings. The minimum atomic E-state index is -0.778. The maximum Gasteiger partial charge on any atom is 0.261 e. The summed E-state index contributed by atoms with van der Waals surface area (Å²) in [7, 11) is 1.62. The summed E-state index contributed by atoms with van der Waals surface area (Å²) in [4.78, 5) is 25.3. The number of primary amides is 1. The summed E-state index contributed by atoms with van der Waals surface area (Å²) in [6.07, 6.45) is 4.25. The number of ether oxygens (including phenoxy) is 1. The Kier molecular flexibility index (Phi) is 5.68. The van der Waals surface area contributed by atoms with E-state index in [1.807, 2.05) is 0 Å². The predicted octanol–water partition coefficient (Wildman–Crippen LogP) is 2.50. The summed E-state index contributed by atoms with van der Waals surface area (Å²) >= 11 is 5.90. The van der Waals surface area contributed by atoms with Gasteiger partial charge in [0.05, 0.1) is 11.6 Å². The molecule has 0 atom stereocenters. The molecule has 1 aromatic carbocycles. The van der Waals surface area contributed by atoms with Crippen molar-refractivity contribution in [3.8, 4) is 11.8 Å². The van der Waals surface area contributed by atoms with Crippen LogP contribution in [0.25, 0.3) is 0 Å². The highest BCUT2D eigenvalue weighted by Gasteiger charge is 2.38. The lowest BCUT2D eigenvalue weighted by atomic mass is 9.81. The number of rotatable bonds is 5. The highest BCUT2D eigenvalue weighted by molar-refractivity contribution is 6.30. The average molecular weight is 350 g/mol. The van der Waals surface area contributed by atoms with E-state index in [0.29, 0.717) is 17.9 Å². The number of hydrogen-bond acceptors (Lipinski definition) is 4. The highest BCUT2D eigenvalue weighted by atomic mass is 35.5. The van der Waals surface area contributed by atoms with Crippen molar-refractivity contribution in [1.82, 2.24) is 4.90 Å². The van der Waals surface area contributed by atoms with Crippen LogP contribution >= 0.6 is 11.6 Å². The topological polar surface area (TPSA) is 96.4 Å². The van der Waals surface area contributed by atoms with E-state index < -0.39 is 11.4 Å². The maximum absolute atomic E-state index is 12.4. The van der Waals surface area contributed by atoms with Crippen LogP contribution in [0.5, 0.6) is 5.75 Å². The Morgan fingerprint density at radius 2 is 2.04 bits per heavy atom. The summed E-state index contributed by atoms with van der Waals surface area (Å²) in [5.41, 5.74) is 4.67. The van der Waals surface area contributed by atoms with Gasteiger partial charge in [-0.2, -0.15) is 5.26 Å². The van der Waals surface area contributed by atoms with E-state index in [0.717, 1.165) is 19.3 Å². The average Bonchev–Trinajstić information content (AvgIpc) is 2.59. The molecule has 0 saturated heterocycles. The molecule has 0 unspecified atom stereocenters. The molecule has 0 radical (unpaired) electrons. The minimum Gasteiger partial charge on any atom is -0.483 e. The van der Waals surface area contributed by atoms with E-state index in [4.69, 9.17) is 22.1 Å². The molecular formula is C17H20ClN3O3. The summed E-state index contributed by atoms with van der Waals surface area (Å²) in [6, 6.07) is 6.70. The third-order valence-electron chi connectivity index (χ3n) is 4.47. The van der Waals surface area contributed by atoms with Crippen LogP contribution in [0.2, 0.25) is 5.02 Å². The quantitative estimate of drug-likeness (QED) is 0.883. The zero-order valence-corrected chi connectivity index (χ0v) is 14.3. The molecule has 0 bridgehead atoms. The van der Waals surface area contributed by atoms with Gasteiger partial charge in [-0.25, -0.2) is 0 Å². The van der Waals surface area contributed by atoms with Gasteiger partial charge < -0.3 is 15.4 Å². The molecule has 1 aliphatic carbocycles. The molecule has 2 amide bonds. The molecule has 2 rings (SSSR count). The van der Waals surface area contributed by atoms with Crippen LogP contribution in [-0.2, 0) is 4.79 Å². The Bertz CT molecular complexity index is 678. The Balaban J connectivity index is 2.09. The van der Waals surface area contributed by atoms with Crippen LogP contribution in [-0.4, -0.2) is 35.9 Å². The van der Waals surface area contributed by atoms with Crippen LogP contribution in [0.4, 0.5) is 0 Å². The summed E-state index contributed by atoms with van der Waals surface area (Å²) in [6.45, 7) is -0.291. The second-order valence-corrected chi connectivity index (χ2v) is 6.39. The molecule has 128 valence electrons. The number of nitriles is 1. The van der Waals surface area contributed by atoms with Gasteiger partial charge in [-0.1, -0.05) is 30.9 Å². The molecule has 0 heterocycles. The minimum absolute atomic E-state index is 0.155. The SMILES string of the molecule is CN(C(=O)COc1cc(Cl)ccc1C(N)=O)C1(C#N)CCCCC1. The third-order valence-corrected chi connectivity index (χ3v) is 4.70. The second kappa shape index (κ2) is 7.54. The van der Waals surface area contributed by atoms with E-state index in [1.165, 1.54) is 23.1 Å². The van der Waals surface area contributed by atoms with Gasteiger partial charge in [-0.3, -0.25) is 9.59 Å². The van der Waals surface area contributed by atoms with Crippen LogP contribution in [0.3, 0.4) is 0 Å². The van der Waals surface area contributed by atoms with Gasteiger partial charge >= 0.3 is 0 Å². The van der Waals surface area contributed by atoms with Crippen molar-refractivity contribution in [3.63, 3.8) is 0 Å². The molecule has 0 aromatic heterocycles. The standard InChI is InChI=1S/C17H20ClN3O3/c1-21(17(11-19)7-3-2-4-8-17)15(22)10-24-14-9-12(18)5-6-13(14)16(20)23/h5-6,9H,2-4,7-8,10H2,1H3,(H2,20,23). The lowest BCUT2D eigenvalue weighted by Crippen LogP contribution is -2.51. The number of halogens is 1. The van der Waals surface area contributed by atoms with Crippen LogP contribution in [0.1, 0.15) is 42.5 Å². The van der Waals surface area contributed by atoms with Gasteiger partial charge in [0.2, 0.25) is 0 Å². The first-order chi connectivity index (χ1) is 11.4. The van der Waals surface area contributed by atoms with Crippen molar-refractivity contribution in [1.29, 1.82) is 5.26 Å². The Morgan fingerprint density at radius 3 is 2.62 bits per heavy atom. The fourth-order valence-corrected chi connectivity index (χ4v) is 3.12. The normalized spacial score (nSPS) is 16.0. The smallest absolute Gasteiger partial charge is 0.261 e. The molecular weight excluding hydrogens is 330 g/mol. The number of nitrogens with two attached hydrogens (primary N) is 1. The van der Waals surface area contributed by atoms with E-state index in [9.17, 15) is 14.9 Å². The van der Waals surface area contributed by atoms with Crippen LogP contribution < -0.4 is 10.5 Å². The van der Waals surface area contributed by atoms with Crippen molar-refractivity contribution in [2.24, 2.45) is 5.73 Å². The fraction of sp³-hybridized carbons (Fsp3) is 0.471. The predicted molar refractivity (Wildman–Crippen MR) is 89.7 cm³/mol. The molecule has 24 heavy (non-hydrogen) atoms. The number of likely N-dealkylation sites (N-methyl/N-ethyl adjacent to an activating group) is 1. The highest BCUT2D eigenvalue weighted by Crippen LogP contribution is 2.32. The van der Waals surface area contributed by atoms with Gasteiger partial charge in [-0.15, -0.1) is 0 Å². The Labute approximate surface area is 146 Å².